The number of hydrogen-bond acceptors (Lipinski definition) is 1. The Bertz CT molecular complexity index is 3480. The molecule has 0 fully saturated rings. The third-order valence-corrected chi connectivity index (χ3v) is 13.1. The number of aromatic nitrogens is 1. The first-order valence-corrected chi connectivity index (χ1v) is 21.3. The van der Waals surface area contributed by atoms with Crippen LogP contribution in [-0.2, 0) is 5.41 Å². The highest BCUT2D eigenvalue weighted by Gasteiger charge is 2.36. The maximum atomic E-state index is 2.47. The summed E-state index contributed by atoms with van der Waals surface area (Å²) in [6.45, 7) is 4.77. The van der Waals surface area contributed by atoms with Crippen molar-refractivity contribution < 1.29 is 0 Å². The number of benzene rings is 10. The van der Waals surface area contributed by atoms with E-state index in [4.69, 9.17) is 0 Å². The van der Waals surface area contributed by atoms with Crippen molar-refractivity contribution in [2.75, 3.05) is 4.90 Å². The molecule has 1 aliphatic rings. The molecule has 61 heavy (non-hydrogen) atoms. The van der Waals surface area contributed by atoms with E-state index in [0.29, 0.717) is 0 Å². The molecule has 0 unspecified atom stereocenters. The first-order valence-electron chi connectivity index (χ1n) is 21.3. The molecule has 1 heterocycles. The van der Waals surface area contributed by atoms with E-state index in [1.165, 1.54) is 82.3 Å². The lowest BCUT2D eigenvalue weighted by atomic mass is 9.80. The summed E-state index contributed by atoms with van der Waals surface area (Å²) in [6, 6.07) is 80.3. The second kappa shape index (κ2) is 13.7. The van der Waals surface area contributed by atoms with Crippen LogP contribution >= 0.6 is 0 Å². The molecule has 1 aromatic heterocycles. The van der Waals surface area contributed by atoms with Gasteiger partial charge in [-0.05, 0) is 121 Å². The van der Waals surface area contributed by atoms with Crippen molar-refractivity contribution >= 4 is 60.4 Å². The molecule has 2 nitrogen and oxygen atoms in total. The van der Waals surface area contributed by atoms with Gasteiger partial charge in [0.15, 0.2) is 0 Å². The minimum Gasteiger partial charge on any atom is -0.310 e. The Morgan fingerprint density at radius 1 is 0.377 bits per heavy atom. The fourth-order valence-electron chi connectivity index (χ4n) is 10.3. The average molecular weight is 779 g/mol. The molecule has 0 atom stereocenters. The fourth-order valence-corrected chi connectivity index (χ4v) is 10.3. The lowest BCUT2D eigenvalue weighted by Crippen LogP contribution is -2.15. The van der Waals surface area contributed by atoms with E-state index in [1.54, 1.807) is 0 Å². The fraction of sp³-hybridized carbons (Fsp3) is 0.0508. The Labute approximate surface area is 356 Å². The van der Waals surface area contributed by atoms with Crippen LogP contribution in [0, 0.1) is 0 Å². The van der Waals surface area contributed by atoms with Crippen LogP contribution in [0.1, 0.15) is 25.0 Å². The van der Waals surface area contributed by atoms with Gasteiger partial charge in [0, 0.05) is 38.6 Å². The summed E-state index contributed by atoms with van der Waals surface area (Å²) in [5.74, 6) is 0. The summed E-state index contributed by atoms with van der Waals surface area (Å²) in [4.78, 5) is 2.41. The third kappa shape index (κ3) is 5.56. The molecular formula is C59H42N2. The van der Waals surface area contributed by atoms with E-state index in [1.807, 2.05) is 0 Å². The quantitative estimate of drug-likeness (QED) is 0.163. The van der Waals surface area contributed by atoms with E-state index in [0.717, 1.165) is 28.3 Å². The zero-order chi connectivity index (χ0) is 40.7. The largest absolute Gasteiger partial charge is 0.310 e. The molecule has 12 rings (SSSR count). The van der Waals surface area contributed by atoms with Crippen LogP contribution in [0.15, 0.2) is 218 Å². The zero-order valence-electron chi connectivity index (χ0n) is 34.2. The maximum absolute atomic E-state index is 2.47. The summed E-state index contributed by atoms with van der Waals surface area (Å²) in [5.41, 5.74) is 17.1. The number of fused-ring (bicyclic) bond motifs is 9. The van der Waals surface area contributed by atoms with Crippen LogP contribution in [0.5, 0.6) is 0 Å². The van der Waals surface area contributed by atoms with Crippen molar-refractivity contribution in [1.82, 2.24) is 4.57 Å². The highest BCUT2D eigenvalue weighted by molar-refractivity contribution is 6.15. The van der Waals surface area contributed by atoms with Gasteiger partial charge in [-0.2, -0.15) is 0 Å². The van der Waals surface area contributed by atoms with Gasteiger partial charge < -0.3 is 9.47 Å². The van der Waals surface area contributed by atoms with Crippen molar-refractivity contribution in [1.29, 1.82) is 0 Å². The van der Waals surface area contributed by atoms with Gasteiger partial charge >= 0.3 is 0 Å². The zero-order valence-corrected chi connectivity index (χ0v) is 34.2. The Hall–Kier alpha value is -7.68. The van der Waals surface area contributed by atoms with E-state index >= 15 is 0 Å². The number of hydrogen-bond donors (Lipinski definition) is 0. The summed E-state index contributed by atoms with van der Waals surface area (Å²) in [7, 11) is 0. The van der Waals surface area contributed by atoms with Gasteiger partial charge in [0.1, 0.15) is 0 Å². The number of para-hydroxylation sites is 1. The highest BCUT2D eigenvalue weighted by atomic mass is 15.1. The lowest BCUT2D eigenvalue weighted by molar-refractivity contribution is 0.666. The van der Waals surface area contributed by atoms with E-state index in [9.17, 15) is 0 Å². The van der Waals surface area contributed by atoms with Crippen LogP contribution in [-0.4, -0.2) is 4.57 Å². The van der Waals surface area contributed by atoms with Crippen LogP contribution in [0.3, 0.4) is 0 Å². The van der Waals surface area contributed by atoms with Gasteiger partial charge in [-0.1, -0.05) is 172 Å². The van der Waals surface area contributed by atoms with Crippen LogP contribution in [0.4, 0.5) is 17.1 Å². The van der Waals surface area contributed by atoms with Crippen molar-refractivity contribution in [2.45, 2.75) is 19.3 Å². The van der Waals surface area contributed by atoms with Gasteiger partial charge in [0.05, 0.1) is 16.7 Å². The van der Waals surface area contributed by atoms with E-state index in [-0.39, 0.29) is 5.41 Å². The SMILES string of the molecule is CC1(C)c2ccccc2-c2ccc3cc4c5ccc(-c6cccc(N(c7ccc(-c8ccccc8)cc7)c7cccc8ccccc78)c6)cc5n(-c5ccccc5)c4cc3c21. The number of nitrogens with zero attached hydrogens (tertiary/aromatic N) is 2. The third-order valence-electron chi connectivity index (χ3n) is 13.1. The van der Waals surface area contributed by atoms with Gasteiger partial charge in [-0.3, -0.25) is 0 Å². The molecule has 0 saturated heterocycles. The van der Waals surface area contributed by atoms with Gasteiger partial charge in [0.25, 0.3) is 0 Å². The molecule has 0 aliphatic heterocycles. The predicted molar refractivity (Wildman–Crippen MR) is 259 cm³/mol. The smallest absolute Gasteiger partial charge is 0.0547 e. The maximum Gasteiger partial charge on any atom is 0.0547 e. The van der Waals surface area contributed by atoms with Gasteiger partial charge in [-0.15, -0.1) is 0 Å². The molecular weight excluding hydrogens is 737 g/mol. The Morgan fingerprint density at radius 2 is 1.03 bits per heavy atom. The number of rotatable bonds is 6. The topological polar surface area (TPSA) is 8.17 Å². The average Bonchev–Trinajstić information content (AvgIpc) is 3.76. The molecule has 10 aromatic carbocycles. The molecule has 0 saturated carbocycles. The predicted octanol–water partition coefficient (Wildman–Crippen LogP) is 16.2. The molecule has 11 aromatic rings. The molecule has 0 spiro atoms. The Balaban J connectivity index is 1.04. The molecule has 0 radical (unpaired) electrons. The molecule has 288 valence electrons. The second-order valence-corrected chi connectivity index (χ2v) is 16.9. The first kappa shape index (κ1) is 35.3. The van der Waals surface area contributed by atoms with Crippen molar-refractivity contribution in [3.8, 4) is 39.1 Å². The van der Waals surface area contributed by atoms with Gasteiger partial charge in [-0.25, -0.2) is 0 Å². The summed E-state index contributed by atoms with van der Waals surface area (Å²) in [6.07, 6.45) is 0. The minimum atomic E-state index is -0.106. The minimum absolute atomic E-state index is 0.106. The lowest BCUT2D eigenvalue weighted by Gasteiger charge is -2.27. The number of anilines is 3. The molecule has 0 amide bonds. The first-order chi connectivity index (χ1) is 30.0. The van der Waals surface area contributed by atoms with Crippen LogP contribution < -0.4 is 4.90 Å². The van der Waals surface area contributed by atoms with E-state index in [2.05, 4.69) is 242 Å². The highest BCUT2D eigenvalue weighted by Crippen LogP contribution is 2.52. The summed E-state index contributed by atoms with van der Waals surface area (Å²) >= 11 is 0. The van der Waals surface area contributed by atoms with Crippen LogP contribution in [0.2, 0.25) is 0 Å². The molecule has 0 N–H and O–H groups in total. The summed E-state index contributed by atoms with van der Waals surface area (Å²) in [5, 5.41) is 7.54. The Morgan fingerprint density at radius 3 is 1.89 bits per heavy atom. The monoisotopic (exact) mass is 778 g/mol. The summed E-state index contributed by atoms with van der Waals surface area (Å²) < 4.78 is 2.47. The Kier molecular flexibility index (Phi) is 7.92. The molecule has 0 bridgehead atoms. The van der Waals surface area contributed by atoms with Crippen molar-refractivity contribution in [3.63, 3.8) is 0 Å². The van der Waals surface area contributed by atoms with E-state index < -0.39 is 0 Å². The normalized spacial score (nSPS) is 12.9. The van der Waals surface area contributed by atoms with Crippen molar-refractivity contribution in [3.05, 3.63) is 230 Å². The molecule has 1 aliphatic carbocycles. The molecule has 2 heteroatoms. The van der Waals surface area contributed by atoms with Gasteiger partial charge in [0.2, 0.25) is 0 Å². The second-order valence-electron chi connectivity index (χ2n) is 16.9. The van der Waals surface area contributed by atoms with Crippen LogP contribution in [0.25, 0.3) is 82.4 Å². The van der Waals surface area contributed by atoms with Crippen molar-refractivity contribution in [2.24, 2.45) is 0 Å². The standard InChI is InChI=1S/C59H42N2/c1-59(2)54-25-12-11-24-49(54)51-34-30-44-36-53-50-33-29-43(37-56(50)61(45-20-7-4-8-21-45)57(53)38-52(44)58(51)59)42-19-13-22-47(35-42)60(55-26-14-18-41-17-9-10-23-48(41)55)46-31-27-40(28-32-46)39-15-5-3-6-16-39/h3-38H,1-2H3.